The van der Waals surface area contributed by atoms with E-state index in [1.165, 1.54) is 292 Å². The molecule has 8 fully saturated rings. The van der Waals surface area contributed by atoms with Crippen LogP contribution >= 0.6 is 0 Å². The van der Waals surface area contributed by atoms with Gasteiger partial charge in [-0.25, -0.2) is 17.6 Å². The Labute approximate surface area is 715 Å². The first-order valence-corrected chi connectivity index (χ1v) is 49.0. The summed E-state index contributed by atoms with van der Waals surface area (Å²) in [5.74, 6) is 14.4. The number of hydrogen-bond donors (Lipinski definition) is 0. The Morgan fingerprint density at radius 1 is 0.203 bits per heavy atom. The van der Waals surface area contributed by atoms with E-state index < -0.39 is 0 Å². The molecule has 0 bridgehead atoms. The molecule has 636 valence electrons. The fourth-order valence-corrected chi connectivity index (χ4v) is 24.1. The highest BCUT2D eigenvalue weighted by atomic mass is 19.1. The van der Waals surface area contributed by atoms with Crippen LogP contribution in [0.15, 0.2) is 170 Å². The summed E-state index contributed by atoms with van der Waals surface area (Å²) in [7, 11) is 0. The van der Waals surface area contributed by atoms with Crippen LogP contribution < -0.4 is 0 Å². The summed E-state index contributed by atoms with van der Waals surface area (Å²) in [4.78, 5) is 0. The van der Waals surface area contributed by atoms with E-state index >= 15 is 0 Å². The van der Waals surface area contributed by atoms with Crippen molar-refractivity contribution in [3.05, 3.63) is 238 Å². The molecule has 0 N–H and O–H groups in total. The first-order chi connectivity index (χ1) is 57.5. The quantitative estimate of drug-likeness (QED) is 0.0469. The molecule has 0 radical (unpaired) electrons. The lowest BCUT2D eigenvalue weighted by atomic mass is 9.68. The smallest absolute Gasteiger partial charge is 0.126 e. The monoisotopic (exact) mass is 1600 g/mol. The normalized spacial score (nSPS) is 27.4. The van der Waals surface area contributed by atoms with Gasteiger partial charge in [0.25, 0.3) is 0 Å². The third-order valence-electron chi connectivity index (χ3n) is 32.3. The second-order valence-corrected chi connectivity index (χ2v) is 39.7. The summed E-state index contributed by atoms with van der Waals surface area (Å²) < 4.78 is 55.6. The van der Waals surface area contributed by atoms with Crippen molar-refractivity contribution < 1.29 is 17.6 Å². The van der Waals surface area contributed by atoms with Crippen molar-refractivity contribution in [1.82, 2.24) is 0 Å². The largest absolute Gasteiger partial charge is 0.207 e. The Balaban J connectivity index is 0.000000136. The van der Waals surface area contributed by atoms with Crippen LogP contribution in [-0.2, 0) is 0 Å². The van der Waals surface area contributed by atoms with Crippen molar-refractivity contribution in [3.63, 3.8) is 0 Å². The molecular weight excluding hydrogens is 1450 g/mol. The summed E-state index contributed by atoms with van der Waals surface area (Å²) >= 11 is 0. The molecule has 0 saturated heterocycles. The lowest BCUT2D eigenvalue weighted by Gasteiger charge is -2.38. The molecule has 118 heavy (non-hydrogen) atoms. The van der Waals surface area contributed by atoms with Crippen LogP contribution in [0.5, 0.6) is 0 Å². The molecule has 0 amide bonds. The van der Waals surface area contributed by atoms with Gasteiger partial charge in [0, 0.05) is 0 Å². The van der Waals surface area contributed by atoms with E-state index in [1.807, 2.05) is 76.2 Å². The summed E-state index contributed by atoms with van der Waals surface area (Å²) in [6.45, 7) is 16.6. The first-order valence-electron chi connectivity index (χ1n) is 49.0. The zero-order chi connectivity index (χ0) is 82.3. The van der Waals surface area contributed by atoms with Gasteiger partial charge in [-0.05, 0) is 390 Å². The summed E-state index contributed by atoms with van der Waals surface area (Å²) in [5, 5.41) is 0. The van der Waals surface area contributed by atoms with Gasteiger partial charge in [0.15, 0.2) is 0 Å². The molecule has 0 aromatic heterocycles. The highest BCUT2D eigenvalue weighted by Crippen LogP contribution is 2.50. The van der Waals surface area contributed by atoms with Crippen molar-refractivity contribution in [1.29, 1.82) is 0 Å². The fourth-order valence-electron chi connectivity index (χ4n) is 24.1. The van der Waals surface area contributed by atoms with Gasteiger partial charge in [0.05, 0.1) is 0 Å². The van der Waals surface area contributed by atoms with Gasteiger partial charge < -0.3 is 0 Å². The molecule has 4 heteroatoms. The van der Waals surface area contributed by atoms with Crippen LogP contribution in [0.1, 0.15) is 366 Å². The Kier molecular flexibility index (Phi) is 34.1. The van der Waals surface area contributed by atoms with E-state index in [4.69, 9.17) is 0 Å². The lowest BCUT2D eigenvalue weighted by molar-refractivity contribution is 0.155. The van der Waals surface area contributed by atoms with Crippen LogP contribution in [0.4, 0.5) is 17.6 Å². The molecule has 8 aliphatic rings. The molecular formula is C114H152F4. The Bertz CT molecular complexity index is 4230. The maximum absolute atomic E-state index is 13.9. The van der Waals surface area contributed by atoms with Gasteiger partial charge in [-0.3, -0.25) is 0 Å². The topological polar surface area (TPSA) is 0 Å². The number of aryl methyl sites for hydroxylation is 4. The molecule has 8 saturated carbocycles. The van der Waals surface area contributed by atoms with Crippen LogP contribution in [0.2, 0.25) is 0 Å². The maximum atomic E-state index is 13.9. The molecule has 0 aliphatic heterocycles. The van der Waals surface area contributed by atoms with Crippen molar-refractivity contribution in [3.8, 4) is 44.5 Å². The summed E-state index contributed by atoms with van der Waals surface area (Å²) in [6.07, 6.45) is 60.1. The molecule has 0 atom stereocenters. The first kappa shape index (κ1) is 89.2. The van der Waals surface area contributed by atoms with E-state index in [1.54, 1.807) is 24.3 Å². The Hall–Kier alpha value is -6.52. The van der Waals surface area contributed by atoms with E-state index in [0.29, 0.717) is 45.9 Å². The molecule has 0 nitrogen and oxygen atoms in total. The summed E-state index contributed by atoms with van der Waals surface area (Å²) in [5.41, 5.74) is 17.1. The van der Waals surface area contributed by atoms with Gasteiger partial charge in [0.2, 0.25) is 0 Å². The third kappa shape index (κ3) is 24.9. The lowest BCUT2D eigenvalue weighted by Crippen LogP contribution is -2.25. The second-order valence-electron chi connectivity index (χ2n) is 39.7. The van der Waals surface area contributed by atoms with Gasteiger partial charge in [-0.2, -0.15) is 0 Å². The summed E-state index contributed by atoms with van der Waals surface area (Å²) in [6, 6.07) is 58.0. The maximum Gasteiger partial charge on any atom is 0.126 e. The standard InChI is InChI=1S/C30H41F.C29H39F.C28H37F.C27H35F/c1-3-4-5-6-23-8-11-24(12-9-23)25-13-15-26(16-14-25)27-17-19-28(20-18-27)29-10-7-22(2)30(31)21-29;1-3-4-5-22-7-10-23(11-8-22)24-12-14-25(15-13-24)26-16-18-27(19-17-26)28-9-6-21(2)29(30)20-28;1-3-4-21-6-9-22(10-7-21)23-11-13-24(14-12-23)25-15-17-26(18-16-25)27-8-5-20(2)28(29)19-27;1-3-20-5-8-21(9-6-20)22-10-12-23(13-11-22)24-14-16-25(17-15-24)26-7-4-19(2)27(28)18-26/h7,10,17-21,23-26H,3-6,8-9,11-16H2,1-2H3;6,9,16-20,22-25H,3-5,7-8,10-15H2,1-2H3;5,8,15-19,21-24H,3-4,6-7,9-14H2,1-2H3;4,7,14-18,20-23H,3,5-6,8-13H2,1-2H3. The van der Waals surface area contributed by atoms with E-state index in [2.05, 4.69) is 125 Å². The fraction of sp³-hybridized carbons (Fsp3) is 0.579. The molecule has 8 aliphatic carbocycles. The van der Waals surface area contributed by atoms with Crippen molar-refractivity contribution >= 4 is 0 Å². The average molecular weight is 1600 g/mol. The average Bonchev–Trinajstić information content (AvgIpc) is 0.827. The molecule has 0 heterocycles. The number of halogens is 4. The zero-order valence-electron chi connectivity index (χ0n) is 74.6. The zero-order valence-corrected chi connectivity index (χ0v) is 74.6. The van der Waals surface area contributed by atoms with E-state index in [0.717, 1.165) is 116 Å². The minimum Gasteiger partial charge on any atom is -0.207 e. The van der Waals surface area contributed by atoms with E-state index in [9.17, 15) is 17.6 Å². The number of unbranched alkanes of at least 4 members (excludes halogenated alkanes) is 3. The van der Waals surface area contributed by atoms with Crippen LogP contribution in [-0.4, -0.2) is 0 Å². The molecule has 0 spiro atoms. The van der Waals surface area contributed by atoms with E-state index in [-0.39, 0.29) is 23.3 Å². The minimum atomic E-state index is -0.118. The van der Waals surface area contributed by atoms with Gasteiger partial charge in [-0.1, -0.05) is 289 Å². The predicted octanol–water partition coefficient (Wildman–Crippen LogP) is 35.5. The number of hydrogen-bond acceptors (Lipinski definition) is 0. The highest BCUT2D eigenvalue weighted by molar-refractivity contribution is 5.67. The molecule has 8 aromatic rings. The van der Waals surface area contributed by atoms with Crippen LogP contribution in [0.3, 0.4) is 0 Å². The Morgan fingerprint density at radius 3 is 0.619 bits per heavy atom. The van der Waals surface area contributed by atoms with Crippen molar-refractivity contribution in [2.75, 3.05) is 0 Å². The predicted molar refractivity (Wildman–Crippen MR) is 496 cm³/mol. The van der Waals surface area contributed by atoms with Crippen LogP contribution in [0.25, 0.3) is 44.5 Å². The van der Waals surface area contributed by atoms with Gasteiger partial charge in [-0.15, -0.1) is 0 Å². The van der Waals surface area contributed by atoms with Crippen LogP contribution in [0, 0.1) is 122 Å². The third-order valence-corrected chi connectivity index (χ3v) is 32.3. The molecule has 8 aromatic carbocycles. The SMILES string of the molecule is CCC1CCC(C2CCC(c3ccc(-c4ccc(C)c(F)c4)cc3)CC2)CC1.CCCC1CCC(C2CCC(c3ccc(-c4ccc(C)c(F)c4)cc3)CC2)CC1.CCCCC1CCC(C2CCC(c3ccc(-c4ccc(C)c(F)c4)cc3)CC2)CC1.CCCCCC1CCC(C2CCC(c3ccc(-c4ccc(C)c(F)c4)cc3)CC2)CC1. The number of benzene rings is 8. The molecule has 16 rings (SSSR count). The van der Waals surface area contributed by atoms with Crippen molar-refractivity contribution in [2.24, 2.45) is 71.0 Å². The van der Waals surface area contributed by atoms with Crippen molar-refractivity contribution in [2.45, 2.75) is 349 Å². The van der Waals surface area contributed by atoms with Gasteiger partial charge >= 0.3 is 0 Å². The second kappa shape index (κ2) is 45.0. The number of rotatable bonds is 22. The highest BCUT2D eigenvalue weighted by Gasteiger charge is 2.36. The minimum absolute atomic E-state index is 0.116. The molecule has 0 unspecified atom stereocenters. The van der Waals surface area contributed by atoms with Gasteiger partial charge in [0.1, 0.15) is 23.3 Å². The Morgan fingerprint density at radius 2 is 0.407 bits per heavy atom.